The second-order valence-electron chi connectivity index (χ2n) is 5.95. The normalized spacial score (nSPS) is 25.7. The average Bonchev–Trinajstić information content (AvgIpc) is 2.93. The molecule has 6 heteroatoms. The van der Waals surface area contributed by atoms with Crippen LogP contribution in [0, 0.1) is 5.92 Å². The van der Waals surface area contributed by atoms with Gasteiger partial charge in [0, 0.05) is 31.0 Å². The Morgan fingerprint density at radius 2 is 2.14 bits per heavy atom. The molecule has 0 spiro atoms. The zero-order valence-electron chi connectivity index (χ0n) is 12.1. The summed E-state index contributed by atoms with van der Waals surface area (Å²) in [6.07, 6.45) is 3.24. The molecule has 1 amide bonds. The highest BCUT2D eigenvalue weighted by molar-refractivity contribution is 7.90. The molecule has 1 aromatic carbocycles. The van der Waals surface area contributed by atoms with E-state index in [1.807, 2.05) is 4.90 Å². The fourth-order valence-corrected chi connectivity index (χ4v) is 3.94. The predicted octanol–water partition coefficient (Wildman–Crippen LogP) is 0.914. The number of fused-ring (bicyclic) bond motifs is 1. The van der Waals surface area contributed by atoms with E-state index < -0.39 is 9.84 Å². The van der Waals surface area contributed by atoms with Gasteiger partial charge < -0.3 is 10.2 Å². The number of amides is 1. The summed E-state index contributed by atoms with van der Waals surface area (Å²) in [5, 5.41) is 3.47. The van der Waals surface area contributed by atoms with Crippen LogP contribution in [0.2, 0.25) is 0 Å². The third-order valence-electron chi connectivity index (χ3n) is 4.45. The highest BCUT2D eigenvalue weighted by Gasteiger charge is 2.34. The minimum absolute atomic E-state index is 0.0640. The molecule has 0 aliphatic carbocycles. The van der Waals surface area contributed by atoms with E-state index in [0.29, 0.717) is 17.5 Å². The standard InChI is InChI=1S/C15H20N2O3S/c1-21(19,20)13-4-2-3-11(9-13)15(18)17-8-6-14-12(10-17)5-7-16-14/h2-4,9,12,14,16H,5-8,10H2,1H3. The Hall–Kier alpha value is -1.40. The van der Waals surface area contributed by atoms with E-state index in [1.165, 1.54) is 12.1 Å². The van der Waals surface area contributed by atoms with Gasteiger partial charge in [-0.2, -0.15) is 0 Å². The second kappa shape index (κ2) is 5.42. The van der Waals surface area contributed by atoms with Gasteiger partial charge in [-0.15, -0.1) is 0 Å². The maximum atomic E-state index is 12.6. The maximum Gasteiger partial charge on any atom is 0.253 e. The number of nitrogens with one attached hydrogen (secondary N) is 1. The lowest BCUT2D eigenvalue weighted by Crippen LogP contribution is -2.46. The minimum Gasteiger partial charge on any atom is -0.338 e. The highest BCUT2D eigenvalue weighted by atomic mass is 32.2. The monoisotopic (exact) mass is 308 g/mol. The van der Waals surface area contributed by atoms with Crippen molar-refractivity contribution in [3.63, 3.8) is 0 Å². The number of sulfone groups is 1. The average molecular weight is 308 g/mol. The first-order chi connectivity index (χ1) is 9.95. The molecule has 0 radical (unpaired) electrons. The summed E-state index contributed by atoms with van der Waals surface area (Å²) in [4.78, 5) is 14.6. The molecule has 3 rings (SSSR count). The summed E-state index contributed by atoms with van der Waals surface area (Å²) in [6.45, 7) is 2.52. The molecule has 114 valence electrons. The number of likely N-dealkylation sites (tertiary alicyclic amines) is 1. The van der Waals surface area contributed by atoms with Crippen LogP contribution in [0.4, 0.5) is 0 Å². The lowest BCUT2D eigenvalue weighted by Gasteiger charge is -2.35. The van der Waals surface area contributed by atoms with Crippen molar-refractivity contribution in [2.24, 2.45) is 5.92 Å². The number of hydrogen-bond donors (Lipinski definition) is 1. The number of carbonyl (C=O) groups is 1. The summed E-state index contributed by atoms with van der Waals surface area (Å²) in [5.41, 5.74) is 0.460. The van der Waals surface area contributed by atoms with E-state index in [1.54, 1.807) is 12.1 Å². The van der Waals surface area contributed by atoms with Gasteiger partial charge in [0.1, 0.15) is 0 Å². The molecular formula is C15H20N2O3S. The number of benzene rings is 1. The van der Waals surface area contributed by atoms with E-state index in [4.69, 9.17) is 0 Å². The molecule has 2 aliphatic heterocycles. The molecule has 0 saturated carbocycles. The van der Waals surface area contributed by atoms with Crippen molar-refractivity contribution in [3.8, 4) is 0 Å². The zero-order chi connectivity index (χ0) is 15.0. The van der Waals surface area contributed by atoms with Gasteiger partial charge in [-0.05, 0) is 43.5 Å². The SMILES string of the molecule is CS(=O)(=O)c1cccc(C(=O)N2CCC3NCCC3C2)c1. The van der Waals surface area contributed by atoms with Crippen LogP contribution in [0.15, 0.2) is 29.2 Å². The molecule has 2 unspecified atom stereocenters. The van der Waals surface area contributed by atoms with Crippen LogP contribution in [0.3, 0.4) is 0 Å². The maximum absolute atomic E-state index is 12.6. The molecule has 21 heavy (non-hydrogen) atoms. The molecule has 0 bridgehead atoms. The molecule has 2 heterocycles. The quantitative estimate of drug-likeness (QED) is 0.882. The Bertz CT molecular complexity index is 657. The Balaban J connectivity index is 1.79. The van der Waals surface area contributed by atoms with Crippen molar-refractivity contribution in [3.05, 3.63) is 29.8 Å². The molecule has 2 fully saturated rings. The van der Waals surface area contributed by atoms with Crippen LogP contribution in [-0.4, -0.2) is 51.2 Å². The van der Waals surface area contributed by atoms with Gasteiger partial charge in [0.25, 0.3) is 5.91 Å². The molecule has 2 saturated heterocycles. The van der Waals surface area contributed by atoms with Crippen molar-refractivity contribution < 1.29 is 13.2 Å². The summed E-state index contributed by atoms with van der Waals surface area (Å²) in [6, 6.07) is 6.87. The van der Waals surface area contributed by atoms with E-state index >= 15 is 0 Å². The topological polar surface area (TPSA) is 66.5 Å². The van der Waals surface area contributed by atoms with Gasteiger partial charge >= 0.3 is 0 Å². The first kappa shape index (κ1) is 14.5. The van der Waals surface area contributed by atoms with Crippen molar-refractivity contribution in [2.45, 2.75) is 23.8 Å². The van der Waals surface area contributed by atoms with E-state index in [-0.39, 0.29) is 10.8 Å². The number of piperidine rings is 1. The highest BCUT2D eigenvalue weighted by Crippen LogP contribution is 2.25. The molecule has 2 atom stereocenters. The van der Waals surface area contributed by atoms with Gasteiger partial charge in [0.2, 0.25) is 0 Å². The molecule has 1 aromatic rings. The number of hydrogen-bond acceptors (Lipinski definition) is 4. The Kier molecular flexibility index (Phi) is 3.75. The van der Waals surface area contributed by atoms with Gasteiger partial charge in [-0.3, -0.25) is 4.79 Å². The molecule has 0 aromatic heterocycles. The fraction of sp³-hybridized carbons (Fsp3) is 0.533. The number of nitrogens with zero attached hydrogens (tertiary/aromatic N) is 1. The Morgan fingerprint density at radius 1 is 1.33 bits per heavy atom. The first-order valence-electron chi connectivity index (χ1n) is 7.28. The molecule has 2 aliphatic rings. The van der Waals surface area contributed by atoms with Crippen molar-refractivity contribution >= 4 is 15.7 Å². The van der Waals surface area contributed by atoms with Gasteiger partial charge in [-0.1, -0.05) is 6.07 Å². The number of rotatable bonds is 2. The van der Waals surface area contributed by atoms with Crippen molar-refractivity contribution in [1.82, 2.24) is 10.2 Å². The summed E-state index contributed by atoms with van der Waals surface area (Å²) >= 11 is 0. The lowest BCUT2D eigenvalue weighted by molar-refractivity contribution is 0.0662. The van der Waals surface area contributed by atoms with Gasteiger partial charge in [0.15, 0.2) is 9.84 Å². The Morgan fingerprint density at radius 3 is 2.90 bits per heavy atom. The molecular weight excluding hydrogens is 288 g/mol. The molecule has 5 nitrogen and oxygen atoms in total. The third-order valence-corrected chi connectivity index (χ3v) is 5.56. The van der Waals surface area contributed by atoms with Crippen LogP contribution in [0.25, 0.3) is 0 Å². The summed E-state index contributed by atoms with van der Waals surface area (Å²) in [7, 11) is -3.28. The second-order valence-corrected chi connectivity index (χ2v) is 7.96. The largest absolute Gasteiger partial charge is 0.338 e. The van der Waals surface area contributed by atoms with Crippen LogP contribution in [-0.2, 0) is 9.84 Å². The van der Waals surface area contributed by atoms with E-state index in [9.17, 15) is 13.2 Å². The zero-order valence-corrected chi connectivity index (χ0v) is 12.9. The lowest BCUT2D eigenvalue weighted by atomic mass is 9.93. The predicted molar refractivity (Wildman–Crippen MR) is 80.0 cm³/mol. The van der Waals surface area contributed by atoms with Crippen molar-refractivity contribution in [2.75, 3.05) is 25.9 Å². The summed E-state index contributed by atoms with van der Waals surface area (Å²) in [5.74, 6) is 0.464. The van der Waals surface area contributed by atoms with E-state index in [2.05, 4.69) is 5.32 Å². The molecule has 1 N–H and O–H groups in total. The third kappa shape index (κ3) is 2.96. The summed E-state index contributed by atoms with van der Waals surface area (Å²) < 4.78 is 23.2. The van der Waals surface area contributed by atoms with Crippen LogP contribution >= 0.6 is 0 Å². The van der Waals surface area contributed by atoms with Crippen LogP contribution in [0.1, 0.15) is 23.2 Å². The van der Waals surface area contributed by atoms with Gasteiger partial charge in [0.05, 0.1) is 4.90 Å². The first-order valence-corrected chi connectivity index (χ1v) is 9.17. The van der Waals surface area contributed by atoms with Gasteiger partial charge in [-0.25, -0.2) is 8.42 Å². The van der Waals surface area contributed by atoms with Crippen molar-refractivity contribution in [1.29, 1.82) is 0 Å². The fourth-order valence-electron chi connectivity index (χ4n) is 3.27. The van der Waals surface area contributed by atoms with E-state index in [0.717, 1.165) is 38.7 Å². The minimum atomic E-state index is -3.28. The number of carbonyl (C=O) groups excluding carboxylic acids is 1. The smallest absolute Gasteiger partial charge is 0.253 e. The van der Waals surface area contributed by atoms with Crippen LogP contribution < -0.4 is 5.32 Å². The van der Waals surface area contributed by atoms with Crippen LogP contribution in [0.5, 0.6) is 0 Å². The Labute approximate surface area is 125 Å².